The number of benzene rings is 1. The van der Waals surface area contributed by atoms with Gasteiger partial charge in [0.05, 0.1) is 0 Å². The van der Waals surface area contributed by atoms with Crippen molar-refractivity contribution in [2.75, 3.05) is 13.1 Å². The summed E-state index contributed by atoms with van der Waals surface area (Å²) in [5.41, 5.74) is 7.20. The highest BCUT2D eigenvalue weighted by Crippen LogP contribution is 2.43. The van der Waals surface area contributed by atoms with Crippen molar-refractivity contribution in [1.29, 1.82) is 0 Å². The van der Waals surface area contributed by atoms with Gasteiger partial charge in [-0.05, 0) is 55.8 Å². The molecule has 0 heterocycles. The van der Waals surface area contributed by atoms with E-state index < -0.39 is 0 Å². The smallest absolute Gasteiger partial charge is 0.223 e. The van der Waals surface area contributed by atoms with Crippen molar-refractivity contribution < 1.29 is 4.79 Å². The minimum atomic E-state index is 0.108. The fourth-order valence-corrected chi connectivity index (χ4v) is 4.15. The first-order valence-electron chi connectivity index (χ1n) is 8.38. The van der Waals surface area contributed by atoms with Gasteiger partial charge in [0.2, 0.25) is 5.91 Å². The number of nitrogens with two attached hydrogens (primary N) is 1. The topological polar surface area (TPSA) is 55.1 Å². The molecule has 0 radical (unpaired) electrons. The fourth-order valence-electron chi connectivity index (χ4n) is 4.03. The second-order valence-electron chi connectivity index (χ2n) is 6.89. The number of hydrogen-bond acceptors (Lipinski definition) is 2. The molecule has 0 unspecified atom stereocenters. The number of rotatable bonds is 5. The Kier molecular flexibility index (Phi) is 4.74. The van der Waals surface area contributed by atoms with Gasteiger partial charge < -0.3 is 11.1 Å². The van der Waals surface area contributed by atoms with Crippen LogP contribution in [0.25, 0.3) is 0 Å². The molecule has 0 aromatic heterocycles. The Hall–Kier alpha value is -1.06. The maximum absolute atomic E-state index is 12.5. The van der Waals surface area contributed by atoms with Gasteiger partial charge in [-0.2, -0.15) is 0 Å². The molecule has 2 aliphatic rings. The molecule has 120 valence electrons. The van der Waals surface area contributed by atoms with Crippen LogP contribution in [-0.4, -0.2) is 19.0 Å². The lowest BCUT2D eigenvalue weighted by Crippen LogP contribution is -2.47. The van der Waals surface area contributed by atoms with Crippen molar-refractivity contribution in [3.05, 3.63) is 34.9 Å². The van der Waals surface area contributed by atoms with Crippen LogP contribution in [0.4, 0.5) is 0 Å². The fraction of sp³-hybridized carbons (Fsp3) is 0.611. The summed E-state index contributed by atoms with van der Waals surface area (Å²) in [5, 5.41) is 3.98. The normalized spacial score (nSPS) is 26.5. The summed E-state index contributed by atoms with van der Waals surface area (Å²) in [6.07, 6.45) is 6.72. The Morgan fingerprint density at radius 1 is 1.23 bits per heavy atom. The first-order valence-corrected chi connectivity index (χ1v) is 8.76. The zero-order chi connectivity index (χ0) is 15.6. The summed E-state index contributed by atoms with van der Waals surface area (Å²) in [6, 6.07) is 8.10. The standard InChI is InChI=1S/C18H25ClN2O/c19-15-7-5-14(6-8-15)18(9-2-10-18)12-21-17(22)16-4-1-3-13(16)11-20/h5-8,13,16H,1-4,9-12,20H2,(H,21,22)/t13-,16-/m1/s1. The highest BCUT2D eigenvalue weighted by Gasteiger charge is 2.40. The lowest BCUT2D eigenvalue weighted by molar-refractivity contribution is -0.126. The highest BCUT2D eigenvalue weighted by atomic mass is 35.5. The molecule has 22 heavy (non-hydrogen) atoms. The van der Waals surface area contributed by atoms with Crippen molar-refractivity contribution in [2.45, 2.75) is 43.9 Å². The van der Waals surface area contributed by atoms with Gasteiger partial charge in [0, 0.05) is 22.9 Å². The zero-order valence-corrected chi connectivity index (χ0v) is 13.7. The van der Waals surface area contributed by atoms with Crippen molar-refractivity contribution in [3.8, 4) is 0 Å². The summed E-state index contributed by atoms with van der Waals surface area (Å²) < 4.78 is 0. The molecular formula is C18H25ClN2O. The minimum Gasteiger partial charge on any atom is -0.355 e. The van der Waals surface area contributed by atoms with E-state index >= 15 is 0 Å². The van der Waals surface area contributed by atoms with Gasteiger partial charge in [0.1, 0.15) is 0 Å². The molecule has 1 aromatic rings. The van der Waals surface area contributed by atoms with E-state index in [9.17, 15) is 4.79 Å². The van der Waals surface area contributed by atoms with Crippen molar-refractivity contribution in [1.82, 2.24) is 5.32 Å². The Bertz CT molecular complexity index is 524. The number of hydrogen-bond donors (Lipinski definition) is 2. The molecule has 2 saturated carbocycles. The summed E-state index contributed by atoms with van der Waals surface area (Å²) in [4.78, 5) is 12.5. The Morgan fingerprint density at radius 2 is 1.95 bits per heavy atom. The number of carbonyl (C=O) groups is 1. The van der Waals surface area contributed by atoms with E-state index in [-0.39, 0.29) is 17.2 Å². The monoisotopic (exact) mass is 320 g/mol. The minimum absolute atomic E-state index is 0.108. The molecule has 2 aliphatic carbocycles. The molecule has 3 rings (SSSR count). The third kappa shape index (κ3) is 3.02. The Labute approximate surface area is 137 Å². The largest absolute Gasteiger partial charge is 0.355 e. The number of amides is 1. The molecule has 0 spiro atoms. The van der Waals surface area contributed by atoms with Crippen LogP contribution < -0.4 is 11.1 Å². The predicted molar refractivity (Wildman–Crippen MR) is 89.9 cm³/mol. The molecule has 0 aliphatic heterocycles. The average molecular weight is 321 g/mol. The molecule has 2 fully saturated rings. The van der Waals surface area contributed by atoms with Gasteiger partial charge in [-0.1, -0.05) is 36.6 Å². The van der Waals surface area contributed by atoms with Gasteiger partial charge in [0.15, 0.2) is 0 Å². The molecule has 0 bridgehead atoms. The third-order valence-corrected chi connectivity index (χ3v) is 5.92. The van der Waals surface area contributed by atoms with E-state index in [1.165, 1.54) is 12.0 Å². The maximum atomic E-state index is 12.5. The van der Waals surface area contributed by atoms with Crippen molar-refractivity contribution in [3.63, 3.8) is 0 Å². The van der Waals surface area contributed by atoms with Crippen molar-refractivity contribution in [2.24, 2.45) is 17.6 Å². The number of nitrogens with one attached hydrogen (secondary N) is 1. The Balaban J connectivity index is 1.63. The van der Waals surface area contributed by atoms with Gasteiger partial charge in [-0.15, -0.1) is 0 Å². The summed E-state index contributed by atoms with van der Waals surface area (Å²) in [5.74, 6) is 0.688. The van der Waals surface area contributed by atoms with E-state index in [1.54, 1.807) is 0 Å². The van der Waals surface area contributed by atoms with E-state index in [2.05, 4.69) is 17.4 Å². The first-order chi connectivity index (χ1) is 10.6. The van der Waals surface area contributed by atoms with Crippen LogP contribution in [0.2, 0.25) is 5.02 Å². The molecule has 0 saturated heterocycles. The molecule has 3 N–H and O–H groups in total. The molecule has 1 aromatic carbocycles. The maximum Gasteiger partial charge on any atom is 0.223 e. The average Bonchev–Trinajstić information content (AvgIpc) is 2.96. The first kappa shape index (κ1) is 15.8. The highest BCUT2D eigenvalue weighted by molar-refractivity contribution is 6.30. The number of carbonyl (C=O) groups excluding carboxylic acids is 1. The lowest BCUT2D eigenvalue weighted by Gasteiger charge is -2.43. The quantitative estimate of drug-likeness (QED) is 0.875. The summed E-state index contributed by atoms with van der Waals surface area (Å²) >= 11 is 5.99. The van der Waals surface area contributed by atoms with Crippen molar-refractivity contribution >= 4 is 17.5 Å². The predicted octanol–water partition coefficient (Wildman–Crippen LogP) is 3.25. The van der Waals surface area contributed by atoms with Crippen LogP contribution in [0.1, 0.15) is 44.1 Å². The van der Waals surface area contributed by atoms with E-state index in [0.717, 1.165) is 43.7 Å². The van der Waals surface area contributed by atoms with Crippen LogP contribution in [-0.2, 0) is 10.2 Å². The van der Waals surface area contributed by atoms with E-state index in [1.807, 2.05) is 12.1 Å². The van der Waals surface area contributed by atoms with Crippen LogP contribution in [0.3, 0.4) is 0 Å². The van der Waals surface area contributed by atoms with Gasteiger partial charge in [-0.25, -0.2) is 0 Å². The Morgan fingerprint density at radius 3 is 2.55 bits per heavy atom. The van der Waals surface area contributed by atoms with Gasteiger partial charge in [-0.3, -0.25) is 4.79 Å². The van der Waals surface area contributed by atoms with Crippen LogP contribution >= 0.6 is 11.6 Å². The summed E-state index contributed by atoms with van der Waals surface area (Å²) in [7, 11) is 0. The van der Waals surface area contributed by atoms with Crippen LogP contribution in [0, 0.1) is 11.8 Å². The SMILES string of the molecule is NC[C@H]1CCC[C@H]1C(=O)NCC1(c2ccc(Cl)cc2)CCC1. The van der Waals surface area contributed by atoms with E-state index in [0.29, 0.717) is 12.5 Å². The number of halogens is 1. The van der Waals surface area contributed by atoms with Gasteiger partial charge in [0.25, 0.3) is 0 Å². The molecule has 1 amide bonds. The summed E-state index contributed by atoms with van der Waals surface area (Å²) in [6.45, 7) is 1.36. The van der Waals surface area contributed by atoms with Crippen LogP contribution in [0.5, 0.6) is 0 Å². The second kappa shape index (κ2) is 6.59. The lowest BCUT2D eigenvalue weighted by atomic mass is 9.64. The second-order valence-corrected chi connectivity index (χ2v) is 7.33. The zero-order valence-electron chi connectivity index (χ0n) is 13.0. The van der Waals surface area contributed by atoms with Gasteiger partial charge >= 0.3 is 0 Å². The molecular weight excluding hydrogens is 296 g/mol. The van der Waals surface area contributed by atoms with E-state index in [4.69, 9.17) is 17.3 Å². The molecule has 3 nitrogen and oxygen atoms in total. The molecule has 4 heteroatoms. The third-order valence-electron chi connectivity index (χ3n) is 5.67. The van der Waals surface area contributed by atoms with Crippen LogP contribution in [0.15, 0.2) is 24.3 Å². The molecule has 2 atom stereocenters.